The van der Waals surface area contributed by atoms with E-state index in [0.717, 1.165) is 24.5 Å². The molecule has 0 amide bonds. The molecular weight excluding hydrogens is 298 g/mol. The number of nitrogens with two attached hydrogens (primary N) is 1. The van der Waals surface area contributed by atoms with E-state index in [4.69, 9.17) is 5.73 Å². The zero-order valence-corrected chi connectivity index (χ0v) is 12.2. The topological polar surface area (TPSA) is 118 Å². The average molecular weight is 313 g/mol. The fourth-order valence-electron chi connectivity index (χ4n) is 2.91. The van der Waals surface area contributed by atoms with Crippen LogP contribution in [-0.2, 0) is 12.8 Å². The number of aromatic carboxylic acids is 1. The van der Waals surface area contributed by atoms with Crippen LogP contribution in [0.5, 0.6) is 0 Å². The molecule has 0 saturated carbocycles. The maximum atomic E-state index is 11.4. The number of benzene rings is 2. The predicted molar refractivity (Wildman–Crippen MR) is 85.7 cm³/mol. The third kappa shape index (κ3) is 2.94. The first-order valence-corrected chi connectivity index (χ1v) is 7.09. The van der Waals surface area contributed by atoms with Crippen LogP contribution in [0.15, 0.2) is 36.4 Å². The minimum absolute atomic E-state index is 0.0337. The highest BCUT2D eigenvalue weighted by atomic mass is 16.6. The lowest BCUT2D eigenvalue weighted by Crippen LogP contribution is -2.21. The smallest absolute Gasteiger partial charge is 0.338 e. The molecule has 1 atom stereocenters. The molecule has 4 N–H and O–H groups in total. The highest BCUT2D eigenvalue weighted by Crippen LogP contribution is 2.29. The van der Waals surface area contributed by atoms with Crippen LogP contribution in [-0.4, -0.2) is 22.0 Å². The minimum atomic E-state index is -1.20. The molecule has 2 aromatic rings. The van der Waals surface area contributed by atoms with Gasteiger partial charge < -0.3 is 16.2 Å². The number of carbonyl (C=O) groups is 1. The molecule has 1 aliphatic carbocycles. The number of nitrogens with one attached hydrogen (secondary N) is 1. The van der Waals surface area contributed by atoms with Gasteiger partial charge in [0, 0.05) is 29.5 Å². The van der Waals surface area contributed by atoms with E-state index in [-0.39, 0.29) is 17.3 Å². The molecular formula is C16H15N3O4. The maximum Gasteiger partial charge on any atom is 0.338 e. The summed E-state index contributed by atoms with van der Waals surface area (Å²) >= 11 is 0. The normalized spacial score (nSPS) is 15.9. The van der Waals surface area contributed by atoms with Gasteiger partial charge in [0.15, 0.2) is 0 Å². The largest absolute Gasteiger partial charge is 0.478 e. The molecule has 1 aliphatic rings. The van der Waals surface area contributed by atoms with E-state index in [2.05, 4.69) is 5.32 Å². The monoisotopic (exact) mass is 313 g/mol. The zero-order valence-electron chi connectivity index (χ0n) is 12.2. The summed E-state index contributed by atoms with van der Waals surface area (Å²) in [6.07, 6.45) is 1.49. The summed E-state index contributed by atoms with van der Waals surface area (Å²) in [6, 6.07) is 9.59. The van der Waals surface area contributed by atoms with Gasteiger partial charge in [-0.3, -0.25) is 10.1 Å². The molecule has 0 heterocycles. The summed E-state index contributed by atoms with van der Waals surface area (Å²) in [4.78, 5) is 21.5. The van der Waals surface area contributed by atoms with Gasteiger partial charge in [-0.05, 0) is 42.2 Å². The maximum absolute atomic E-state index is 11.4. The fourth-order valence-corrected chi connectivity index (χ4v) is 2.91. The highest BCUT2D eigenvalue weighted by molar-refractivity contribution is 5.95. The summed E-state index contributed by atoms with van der Waals surface area (Å²) in [5, 5.41) is 23.2. The van der Waals surface area contributed by atoms with Crippen LogP contribution in [0.1, 0.15) is 21.5 Å². The third-order valence-electron chi connectivity index (χ3n) is 3.97. The average Bonchev–Trinajstić information content (AvgIpc) is 2.88. The molecule has 0 aliphatic heterocycles. The fraction of sp³-hybridized carbons (Fsp3) is 0.188. The number of nitro groups is 1. The summed E-state index contributed by atoms with van der Waals surface area (Å²) in [5.41, 5.74) is 8.83. The van der Waals surface area contributed by atoms with Gasteiger partial charge in [-0.2, -0.15) is 0 Å². The molecule has 118 valence electrons. The standard InChI is InChI=1S/C16H15N3O4/c17-11-2-1-9-6-12(7-10(9)5-11)18-15-4-3-13(19(22)23)8-14(15)16(20)21/h1-5,8,12,18H,6-7,17H2,(H,20,21). The van der Waals surface area contributed by atoms with Gasteiger partial charge in [-0.1, -0.05) is 6.07 Å². The van der Waals surface area contributed by atoms with E-state index in [1.807, 2.05) is 18.2 Å². The Labute approximate surface area is 131 Å². The lowest BCUT2D eigenvalue weighted by atomic mass is 10.1. The zero-order chi connectivity index (χ0) is 16.6. The molecule has 0 saturated heterocycles. The predicted octanol–water partition coefficient (Wildman–Crippen LogP) is 2.45. The number of rotatable bonds is 4. The van der Waals surface area contributed by atoms with Crippen molar-refractivity contribution in [3.05, 3.63) is 63.2 Å². The van der Waals surface area contributed by atoms with Crippen molar-refractivity contribution < 1.29 is 14.8 Å². The Morgan fingerprint density at radius 3 is 2.65 bits per heavy atom. The number of nitrogen functional groups attached to an aromatic ring is 1. The first kappa shape index (κ1) is 14.8. The molecule has 7 heteroatoms. The summed E-state index contributed by atoms with van der Waals surface area (Å²) < 4.78 is 0. The van der Waals surface area contributed by atoms with Gasteiger partial charge in [-0.15, -0.1) is 0 Å². The SMILES string of the molecule is Nc1ccc2c(c1)CC(Nc1ccc([N+](=O)[O-])cc1C(=O)O)C2. The molecule has 1 unspecified atom stereocenters. The Morgan fingerprint density at radius 2 is 1.96 bits per heavy atom. The van der Waals surface area contributed by atoms with E-state index in [9.17, 15) is 20.0 Å². The lowest BCUT2D eigenvalue weighted by molar-refractivity contribution is -0.384. The second-order valence-electron chi connectivity index (χ2n) is 5.57. The molecule has 0 bridgehead atoms. The number of nitrogens with zero attached hydrogens (tertiary/aromatic N) is 1. The molecule has 0 spiro atoms. The Hall–Kier alpha value is -3.09. The van der Waals surface area contributed by atoms with E-state index >= 15 is 0 Å². The number of nitro benzene ring substituents is 1. The van der Waals surface area contributed by atoms with Gasteiger partial charge in [0.1, 0.15) is 0 Å². The minimum Gasteiger partial charge on any atom is -0.478 e. The van der Waals surface area contributed by atoms with Crippen LogP contribution in [0.2, 0.25) is 0 Å². The van der Waals surface area contributed by atoms with E-state index in [1.165, 1.54) is 17.7 Å². The number of hydrogen-bond donors (Lipinski definition) is 3. The van der Waals surface area contributed by atoms with Crippen LogP contribution >= 0.6 is 0 Å². The highest BCUT2D eigenvalue weighted by Gasteiger charge is 2.24. The molecule has 7 nitrogen and oxygen atoms in total. The first-order valence-electron chi connectivity index (χ1n) is 7.09. The lowest BCUT2D eigenvalue weighted by Gasteiger charge is -2.15. The van der Waals surface area contributed by atoms with Crippen molar-refractivity contribution in [1.82, 2.24) is 0 Å². The third-order valence-corrected chi connectivity index (χ3v) is 3.97. The number of hydrogen-bond acceptors (Lipinski definition) is 5. The first-order chi connectivity index (χ1) is 10.9. The van der Waals surface area contributed by atoms with E-state index in [0.29, 0.717) is 11.4 Å². The quantitative estimate of drug-likeness (QED) is 0.453. The summed E-state index contributed by atoms with van der Waals surface area (Å²) in [6.45, 7) is 0. The molecule has 0 fully saturated rings. The Morgan fingerprint density at radius 1 is 1.22 bits per heavy atom. The second-order valence-corrected chi connectivity index (χ2v) is 5.57. The van der Waals surface area contributed by atoms with Crippen LogP contribution in [0.4, 0.5) is 17.1 Å². The van der Waals surface area contributed by atoms with Crippen molar-refractivity contribution in [1.29, 1.82) is 0 Å². The van der Waals surface area contributed by atoms with Crippen molar-refractivity contribution in [2.45, 2.75) is 18.9 Å². The van der Waals surface area contributed by atoms with Crippen molar-refractivity contribution in [3.63, 3.8) is 0 Å². The number of carboxylic acids is 1. The van der Waals surface area contributed by atoms with Crippen molar-refractivity contribution in [2.24, 2.45) is 0 Å². The van der Waals surface area contributed by atoms with Crippen molar-refractivity contribution >= 4 is 23.0 Å². The molecule has 2 aromatic carbocycles. The van der Waals surface area contributed by atoms with Crippen LogP contribution in [0.25, 0.3) is 0 Å². The van der Waals surface area contributed by atoms with Gasteiger partial charge in [0.2, 0.25) is 0 Å². The van der Waals surface area contributed by atoms with Gasteiger partial charge in [-0.25, -0.2) is 4.79 Å². The molecule has 0 aromatic heterocycles. The van der Waals surface area contributed by atoms with Crippen LogP contribution < -0.4 is 11.1 Å². The molecule has 0 radical (unpaired) electrons. The van der Waals surface area contributed by atoms with Gasteiger partial charge in [0.05, 0.1) is 10.5 Å². The van der Waals surface area contributed by atoms with Crippen LogP contribution in [0.3, 0.4) is 0 Å². The number of non-ortho nitro benzene ring substituents is 1. The van der Waals surface area contributed by atoms with E-state index in [1.54, 1.807) is 0 Å². The Balaban J connectivity index is 1.84. The van der Waals surface area contributed by atoms with Gasteiger partial charge >= 0.3 is 5.97 Å². The van der Waals surface area contributed by atoms with Crippen LogP contribution in [0, 0.1) is 10.1 Å². The Kier molecular flexibility index (Phi) is 3.61. The number of anilines is 2. The number of fused-ring (bicyclic) bond motifs is 1. The Bertz CT molecular complexity index is 804. The summed E-state index contributed by atoms with van der Waals surface area (Å²) in [7, 11) is 0. The van der Waals surface area contributed by atoms with E-state index < -0.39 is 10.9 Å². The van der Waals surface area contributed by atoms with Gasteiger partial charge in [0.25, 0.3) is 5.69 Å². The second kappa shape index (κ2) is 5.60. The molecule has 3 rings (SSSR count). The summed E-state index contributed by atoms with van der Waals surface area (Å²) in [5.74, 6) is -1.20. The molecule has 23 heavy (non-hydrogen) atoms. The van der Waals surface area contributed by atoms with Crippen molar-refractivity contribution in [2.75, 3.05) is 11.1 Å². The number of carboxylic acid groups (broad SMARTS) is 1. The van der Waals surface area contributed by atoms with Crippen molar-refractivity contribution in [3.8, 4) is 0 Å².